The third-order valence-corrected chi connectivity index (χ3v) is 5.29. The van der Waals surface area contributed by atoms with E-state index in [1.807, 2.05) is 35.7 Å². The molecule has 1 aliphatic heterocycles. The van der Waals surface area contributed by atoms with Crippen molar-refractivity contribution in [1.82, 2.24) is 9.88 Å². The highest BCUT2D eigenvalue weighted by Crippen LogP contribution is 2.21. The van der Waals surface area contributed by atoms with Crippen molar-refractivity contribution in [3.05, 3.63) is 41.4 Å². The van der Waals surface area contributed by atoms with Crippen molar-refractivity contribution in [2.75, 3.05) is 25.0 Å². The molecule has 1 saturated heterocycles. The van der Waals surface area contributed by atoms with Crippen LogP contribution >= 0.6 is 11.3 Å². The van der Waals surface area contributed by atoms with Crippen molar-refractivity contribution in [3.8, 4) is 5.75 Å². The third-order valence-electron chi connectivity index (χ3n) is 4.48. The molecule has 5 nitrogen and oxygen atoms in total. The van der Waals surface area contributed by atoms with Gasteiger partial charge in [-0.3, -0.25) is 9.69 Å². The van der Waals surface area contributed by atoms with Gasteiger partial charge in [0.15, 0.2) is 5.13 Å². The first kappa shape index (κ1) is 18.9. The molecule has 1 unspecified atom stereocenters. The van der Waals surface area contributed by atoms with Gasteiger partial charge in [0.25, 0.3) is 0 Å². The molecule has 6 heteroatoms. The van der Waals surface area contributed by atoms with Crippen LogP contribution in [0.5, 0.6) is 5.75 Å². The lowest BCUT2D eigenvalue weighted by Crippen LogP contribution is -2.33. The second kappa shape index (κ2) is 9.69. The fraction of sp³-hybridized carbons (Fsp3) is 0.500. The first-order valence-corrected chi connectivity index (χ1v) is 10.2. The van der Waals surface area contributed by atoms with E-state index in [0.29, 0.717) is 24.6 Å². The fourth-order valence-electron chi connectivity index (χ4n) is 3.22. The molecule has 1 amide bonds. The Morgan fingerprint density at radius 2 is 2.23 bits per heavy atom. The Labute approximate surface area is 159 Å². The maximum absolute atomic E-state index is 12.1. The summed E-state index contributed by atoms with van der Waals surface area (Å²) in [6, 6.07) is 9.66. The molecule has 1 aromatic heterocycles. The number of amides is 1. The van der Waals surface area contributed by atoms with Crippen LogP contribution in [-0.4, -0.2) is 35.5 Å². The lowest BCUT2D eigenvalue weighted by Gasteiger charge is -2.30. The molecule has 140 valence electrons. The second-order valence-corrected chi connectivity index (χ2v) is 7.80. The molecule has 2 heterocycles. The van der Waals surface area contributed by atoms with Crippen LogP contribution in [0.25, 0.3) is 0 Å². The van der Waals surface area contributed by atoms with E-state index < -0.39 is 0 Å². The number of anilines is 1. The average molecular weight is 374 g/mol. The average Bonchev–Trinajstić information content (AvgIpc) is 3.06. The van der Waals surface area contributed by atoms with Crippen LogP contribution in [0.15, 0.2) is 35.7 Å². The number of benzene rings is 1. The Balaban J connectivity index is 1.36. The van der Waals surface area contributed by atoms with Gasteiger partial charge >= 0.3 is 0 Å². The number of hydrogen-bond acceptors (Lipinski definition) is 5. The van der Waals surface area contributed by atoms with E-state index in [9.17, 15) is 4.79 Å². The van der Waals surface area contributed by atoms with Crippen LogP contribution < -0.4 is 10.1 Å². The van der Waals surface area contributed by atoms with Gasteiger partial charge in [-0.1, -0.05) is 25.1 Å². The molecule has 26 heavy (non-hydrogen) atoms. The maximum atomic E-state index is 12.1. The summed E-state index contributed by atoms with van der Waals surface area (Å²) in [5, 5.41) is 5.64. The van der Waals surface area contributed by atoms with Crippen molar-refractivity contribution in [2.45, 2.75) is 39.2 Å². The van der Waals surface area contributed by atoms with Gasteiger partial charge in [-0.2, -0.15) is 0 Å². The number of piperidine rings is 1. The number of rotatable bonds is 8. The van der Waals surface area contributed by atoms with E-state index in [0.717, 1.165) is 37.0 Å². The van der Waals surface area contributed by atoms with Gasteiger partial charge in [0.1, 0.15) is 5.75 Å². The number of nitrogens with zero attached hydrogens (tertiary/aromatic N) is 2. The lowest BCUT2D eigenvalue weighted by molar-refractivity contribution is -0.116. The Morgan fingerprint density at radius 3 is 3.04 bits per heavy atom. The number of thiazole rings is 1. The Morgan fingerprint density at radius 1 is 1.38 bits per heavy atom. The minimum atomic E-state index is -0.00541. The van der Waals surface area contributed by atoms with Crippen LogP contribution in [-0.2, 0) is 11.3 Å². The SMILES string of the molecule is CC1CCCN(Cc2csc(NC(=O)CCCOc3ccccc3)n2)C1. The number of likely N-dealkylation sites (tertiary alicyclic amines) is 1. The normalized spacial score (nSPS) is 17.8. The topological polar surface area (TPSA) is 54.5 Å². The first-order valence-electron chi connectivity index (χ1n) is 9.33. The number of aromatic nitrogens is 1. The van der Waals surface area contributed by atoms with Crippen molar-refractivity contribution in [2.24, 2.45) is 5.92 Å². The summed E-state index contributed by atoms with van der Waals surface area (Å²) >= 11 is 1.50. The molecule has 0 spiro atoms. The molecule has 1 N–H and O–H groups in total. The molecule has 1 fully saturated rings. The zero-order valence-electron chi connectivity index (χ0n) is 15.3. The Kier molecular flexibility index (Phi) is 7.03. The van der Waals surface area contributed by atoms with Gasteiger partial charge < -0.3 is 10.1 Å². The van der Waals surface area contributed by atoms with Gasteiger partial charge in [0, 0.05) is 24.9 Å². The molecule has 2 aromatic rings. The largest absolute Gasteiger partial charge is 0.494 e. The fourth-order valence-corrected chi connectivity index (χ4v) is 3.94. The highest BCUT2D eigenvalue weighted by molar-refractivity contribution is 7.13. The number of carbonyl (C=O) groups excluding carboxylic acids is 1. The standard InChI is InChI=1S/C20H27N3O2S/c1-16-7-5-11-23(13-16)14-17-15-26-20(21-17)22-19(24)10-6-12-25-18-8-3-2-4-9-18/h2-4,8-9,15-16H,5-7,10-14H2,1H3,(H,21,22,24). The highest BCUT2D eigenvalue weighted by atomic mass is 32.1. The van der Waals surface area contributed by atoms with E-state index in [2.05, 4.69) is 22.1 Å². The zero-order chi connectivity index (χ0) is 18.2. The van der Waals surface area contributed by atoms with Crippen molar-refractivity contribution < 1.29 is 9.53 Å². The number of hydrogen-bond donors (Lipinski definition) is 1. The highest BCUT2D eigenvalue weighted by Gasteiger charge is 2.17. The summed E-state index contributed by atoms with van der Waals surface area (Å²) in [5.74, 6) is 1.60. The van der Waals surface area contributed by atoms with Crippen molar-refractivity contribution in [1.29, 1.82) is 0 Å². The lowest BCUT2D eigenvalue weighted by atomic mass is 10.0. The predicted molar refractivity (Wildman–Crippen MR) is 106 cm³/mol. The van der Waals surface area contributed by atoms with Crippen LogP contribution in [0.1, 0.15) is 38.3 Å². The minimum Gasteiger partial charge on any atom is -0.494 e. The van der Waals surface area contributed by atoms with Crippen LogP contribution in [0, 0.1) is 5.92 Å². The van der Waals surface area contributed by atoms with E-state index in [4.69, 9.17) is 4.74 Å². The molecular weight excluding hydrogens is 346 g/mol. The van der Waals surface area contributed by atoms with Gasteiger partial charge in [0.2, 0.25) is 5.91 Å². The van der Waals surface area contributed by atoms with Gasteiger partial charge in [-0.15, -0.1) is 11.3 Å². The molecule has 1 aliphatic rings. The smallest absolute Gasteiger partial charge is 0.226 e. The van der Waals surface area contributed by atoms with E-state index >= 15 is 0 Å². The zero-order valence-corrected chi connectivity index (χ0v) is 16.1. The number of carbonyl (C=O) groups is 1. The van der Waals surface area contributed by atoms with E-state index in [1.165, 1.54) is 24.2 Å². The second-order valence-electron chi connectivity index (χ2n) is 6.94. The van der Waals surface area contributed by atoms with Crippen LogP contribution in [0.4, 0.5) is 5.13 Å². The van der Waals surface area contributed by atoms with Gasteiger partial charge in [-0.05, 0) is 43.9 Å². The molecule has 0 saturated carbocycles. The number of nitrogens with one attached hydrogen (secondary N) is 1. The molecule has 1 atom stereocenters. The number of para-hydroxylation sites is 1. The van der Waals surface area contributed by atoms with Crippen molar-refractivity contribution in [3.63, 3.8) is 0 Å². The van der Waals surface area contributed by atoms with Crippen LogP contribution in [0.3, 0.4) is 0 Å². The predicted octanol–water partition coefficient (Wildman–Crippen LogP) is 4.17. The van der Waals surface area contributed by atoms with Gasteiger partial charge in [-0.25, -0.2) is 4.98 Å². The number of ether oxygens (including phenoxy) is 1. The quantitative estimate of drug-likeness (QED) is 0.706. The van der Waals surface area contributed by atoms with E-state index in [-0.39, 0.29) is 5.91 Å². The summed E-state index contributed by atoms with van der Waals surface area (Å²) in [5.41, 5.74) is 1.05. The minimum absolute atomic E-state index is 0.00541. The van der Waals surface area contributed by atoms with Gasteiger partial charge in [0.05, 0.1) is 12.3 Å². The summed E-state index contributed by atoms with van der Waals surface area (Å²) in [7, 11) is 0. The molecular formula is C20H27N3O2S. The maximum Gasteiger partial charge on any atom is 0.226 e. The molecule has 3 rings (SSSR count). The molecule has 0 aliphatic carbocycles. The summed E-state index contributed by atoms with van der Waals surface area (Å²) in [6.07, 6.45) is 3.71. The third kappa shape index (κ3) is 6.11. The van der Waals surface area contributed by atoms with Crippen molar-refractivity contribution >= 4 is 22.4 Å². The first-order chi connectivity index (χ1) is 12.7. The summed E-state index contributed by atoms with van der Waals surface area (Å²) in [4.78, 5) is 19.1. The molecule has 0 bridgehead atoms. The summed E-state index contributed by atoms with van der Waals surface area (Å²) in [6.45, 7) is 6.00. The molecule has 0 radical (unpaired) electrons. The van der Waals surface area contributed by atoms with Crippen LogP contribution in [0.2, 0.25) is 0 Å². The summed E-state index contributed by atoms with van der Waals surface area (Å²) < 4.78 is 5.61. The molecule has 1 aromatic carbocycles. The Hall–Kier alpha value is -1.92. The monoisotopic (exact) mass is 373 g/mol. The Bertz CT molecular complexity index is 689. The van der Waals surface area contributed by atoms with E-state index in [1.54, 1.807) is 0 Å².